The van der Waals surface area contributed by atoms with Crippen LogP contribution in [0, 0.1) is 17.3 Å². The SMILES string of the molecule is CC(C)C(CN)C(=O)N1CCC2(CCCC2)CC1. The summed E-state index contributed by atoms with van der Waals surface area (Å²) in [6, 6.07) is 0. The molecule has 0 bridgehead atoms. The highest BCUT2D eigenvalue weighted by Gasteiger charge is 2.39. The fourth-order valence-electron chi connectivity index (χ4n) is 3.72. The summed E-state index contributed by atoms with van der Waals surface area (Å²) < 4.78 is 0. The van der Waals surface area contributed by atoms with E-state index >= 15 is 0 Å². The van der Waals surface area contributed by atoms with Gasteiger partial charge in [-0.05, 0) is 37.0 Å². The van der Waals surface area contributed by atoms with Crippen molar-refractivity contribution in [2.24, 2.45) is 23.0 Å². The Morgan fingerprint density at radius 2 is 1.72 bits per heavy atom. The summed E-state index contributed by atoms with van der Waals surface area (Å²) in [6.07, 6.45) is 8.00. The Balaban J connectivity index is 1.90. The van der Waals surface area contributed by atoms with Crippen molar-refractivity contribution in [2.75, 3.05) is 19.6 Å². The van der Waals surface area contributed by atoms with Crippen molar-refractivity contribution in [3.05, 3.63) is 0 Å². The lowest BCUT2D eigenvalue weighted by Gasteiger charge is -2.40. The number of nitrogens with zero attached hydrogens (tertiary/aromatic N) is 1. The van der Waals surface area contributed by atoms with E-state index in [0.717, 1.165) is 13.1 Å². The third-order valence-corrected chi connectivity index (χ3v) is 5.18. The predicted molar refractivity (Wildman–Crippen MR) is 74.1 cm³/mol. The van der Waals surface area contributed by atoms with Crippen molar-refractivity contribution in [1.29, 1.82) is 0 Å². The Labute approximate surface area is 111 Å². The van der Waals surface area contributed by atoms with Crippen molar-refractivity contribution >= 4 is 5.91 Å². The first-order chi connectivity index (χ1) is 8.58. The van der Waals surface area contributed by atoms with Gasteiger partial charge < -0.3 is 10.6 Å². The topological polar surface area (TPSA) is 46.3 Å². The van der Waals surface area contributed by atoms with Gasteiger partial charge in [-0.2, -0.15) is 0 Å². The molecule has 3 nitrogen and oxygen atoms in total. The maximum absolute atomic E-state index is 12.4. The second kappa shape index (κ2) is 5.60. The van der Waals surface area contributed by atoms with Crippen molar-refractivity contribution in [1.82, 2.24) is 4.90 Å². The Hall–Kier alpha value is -0.570. The van der Waals surface area contributed by atoms with E-state index in [2.05, 4.69) is 18.7 Å². The number of hydrogen-bond acceptors (Lipinski definition) is 2. The summed E-state index contributed by atoms with van der Waals surface area (Å²) in [6.45, 7) is 6.60. The fraction of sp³-hybridized carbons (Fsp3) is 0.933. The molecule has 104 valence electrons. The average Bonchev–Trinajstić information content (AvgIpc) is 2.79. The molecule has 1 saturated heterocycles. The van der Waals surface area contributed by atoms with Gasteiger partial charge in [-0.1, -0.05) is 26.7 Å². The lowest BCUT2D eigenvalue weighted by atomic mass is 9.76. The summed E-state index contributed by atoms with van der Waals surface area (Å²) in [5.41, 5.74) is 6.34. The molecular formula is C15H28N2O. The van der Waals surface area contributed by atoms with Gasteiger partial charge in [0, 0.05) is 19.6 Å². The van der Waals surface area contributed by atoms with Crippen LogP contribution in [0.15, 0.2) is 0 Å². The van der Waals surface area contributed by atoms with Gasteiger partial charge in [-0.25, -0.2) is 0 Å². The van der Waals surface area contributed by atoms with Crippen LogP contribution in [0.1, 0.15) is 52.4 Å². The van der Waals surface area contributed by atoms with Gasteiger partial charge in [0.15, 0.2) is 0 Å². The van der Waals surface area contributed by atoms with Crippen molar-refractivity contribution in [3.63, 3.8) is 0 Å². The zero-order chi connectivity index (χ0) is 13.2. The normalized spacial score (nSPS) is 24.8. The van der Waals surface area contributed by atoms with Crippen LogP contribution in [0.2, 0.25) is 0 Å². The lowest BCUT2D eigenvalue weighted by molar-refractivity contribution is -0.139. The van der Waals surface area contributed by atoms with Crippen LogP contribution < -0.4 is 5.73 Å². The van der Waals surface area contributed by atoms with E-state index in [1.807, 2.05) is 0 Å². The van der Waals surface area contributed by atoms with E-state index in [1.54, 1.807) is 0 Å². The lowest BCUT2D eigenvalue weighted by Crippen LogP contribution is -2.47. The molecular weight excluding hydrogens is 224 g/mol. The molecule has 2 rings (SSSR count). The minimum absolute atomic E-state index is 0.0163. The Morgan fingerprint density at radius 3 is 2.17 bits per heavy atom. The molecule has 1 unspecified atom stereocenters. The van der Waals surface area contributed by atoms with Crippen molar-refractivity contribution in [2.45, 2.75) is 52.4 Å². The molecule has 0 aromatic carbocycles. The third kappa shape index (κ3) is 2.71. The quantitative estimate of drug-likeness (QED) is 0.838. The van der Waals surface area contributed by atoms with Crippen LogP contribution >= 0.6 is 0 Å². The molecule has 2 N–H and O–H groups in total. The number of piperidine rings is 1. The summed E-state index contributed by atoms with van der Waals surface area (Å²) in [5.74, 6) is 0.660. The monoisotopic (exact) mass is 252 g/mol. The van der Waals surface area contributed by atoms with E-state index in [0.29, 0.717) is 23.8 Å². The third-order valence-electron chi connectivity index (χ3n) is 5.18. The van der Waals surface area contributed by atoms with Gasteiger partial charge in [0.25, 0.3) is 0 Å². The van der Waals surface area contributed by atoms with Crippen LogP contribution in [0.5, 0.6) is 0 Å². The molecule has 3 heteroatoms. The highest BCUT2D eigenvalue weighted by molar-refractivity contribution is 5.79. The van der Waals surface area contributed by atoms with E-state index < -0.39 is 0 Å². The summed E-state index contributed by atoms with van der Waals surface area (Å²) in [5, 5.41) is 0. The highest BCUT2D eigenvalue weighted by Crippen LogP contribution is 2.46. The number of rotatable bonds is 3. The average molecular weight is 252 g/mol. The number of nitrogens with two attached hydrogens (primary N) is 1. The Kier molecular flexibility index (Phi) is 4.31. The zero-order valence-electron chi connectivity index (χ0n) is 12.0. The summed E-state index contributed by atoms with van der Waals surface area (Å²) in [4.78, 5) is 14.5. The molecule has 1 aliphatic heterocycles. The smallest absolute Gasteiger partial charge is 0.227 e. The second-order valence-corrected chi connectivity index (χ2v) is 6.62. The van der Waals surface area contributed by atoms with E-state index in [4.69, 9.17) is 5.73 Å². The van der Waals surface area contributed by atoms with E-state index in [1.165, 1.54) is 38.5 Å². The maximum Gasteiger partial charge on any atom is 0.227 e. The highest BCUT2D eigenvalue weighted by atomic mass is 16.2. The van der Waals surface area contributed by atoms with Gasteiger partial charge in [-0.15, -0.1) is 0 Å². The van der Waals surface area contributed by atoms with Gasteiger partial charge in [-0.3, -0.25) is 4.79 Å². The van der Waals surface area contributed by atoms with Gasteiger partial charge in [0.05, 0.1) is 5.92 Å². The Bertz CT molecular complexity index is 285. The standard InChI is InChI=1S/C15H28N2O/c1-12(2)13(11-16)14(18)17-9-7-15(8-10-17)5-3-4-6-15/h12-13H,3-11,16H2,1-2H3. The Morgan fingerprint density at radius 1 is 1.17 bits per heavy atom. The first-order valence-electron chi connectivity index (χ1n) is 7.57. The van der Waals surface area contributed by atoms with Crippen LogP contribution in [0.25, 0.3) is 0 Å². The number of carbonyl (C=O) groups excluding carboxylic acids is 1. The number of hydrogen-bond donors (Lipinski definition) is 1. The van der Waals surface area contributed by atoms with Crippen molar-refractivity contribution in [3.8, 4) is 0 Å². The molecule has 2 aliphatic rings. The largest absolute Gasteiger partial charge is 0.342 e. The molecule has 0 aromatic rings. The second-order valence-electron chi connectivity index (χ2n) is 6.62. The molecule has 1 aliphatic carbocycles. The number of carbonyl (C=O) groups is 1. The molecule has 1 saturated carbocycles. The molecule has 0 aromatic heterocycles. The molecule has 18 heavy (non-hydrogen) atoms. The van der Waals surface area contributed by atoms with E-state index in [-0.39, 0.29) is 5.92 Å². The van der Waals surface area contributed by atoms with Crippen molar-refractivity contribution < 1.29 is 4.79 Å². The van der Waals surface area contributed by atoms with Gasteiger partial charge in [0.2, 0.25) is 5.91 Å². The first kappa shape index (κ1) is 13.9. The van der Waals surface area contributed by atoms with Crippen LogP contribution in [-0.2, 0) is 4.79 Å². The van der Waals surface area contributed by atoms with Gasteiger partial charge in [0.1, 0.15) is 0 Å². The summed E-state index contributed by atoms with van der Waals surface area (Å²) in [7, 11) is 0. The number of amides is 1. The molecule has 2 fully saturated rings. The van der Waals surface area contributed by atoms with Crippen LogP contribution in [0.3, 0.4) is 0 Å². The fourth-order valence-corrected chi connectivity index (χ4v) is 3.72. The molecule has 1 atom stereocenters. The van der Waals surface area contributed by atoms with Crippen LogP contribution in [-0.4, -0.2) is 30.4 Å². The summed E-state index contributed by atoms with van der Waals surface area (Å²) >= 11 is 0. The van der Waals surface area contributed by atoms with Gasteiger partial charge >= 0.3 is 0 Å². The minimum atomic E-state index is 0.0163. The van der Waals surface area contributed by atoms with Crippen LogP contribution in [0.4, 0.5) is 0 Å². The molecule has 1 amide bonds. The zero-order valence-corrected chi connectivity index (χ0v) is 12.0. The molecule has 0 radical (unpaired) electrons. The minimum Gasteiger partial charge on any atom is -0.342 e. The first-order valence-corrected chi connectivity index (χ1v) is 7.57. The molecule has 1 heterocycles. The van der Waals surface area contributed by atoms with E-state index in [9.17, 15) is 4.79 Å². The number of likely N-dealkylation sites (tertiary alicyclic amines) is 1. The predicted octanol–water partition coefficient (Wildman–Crippen LogP) is 2.40. The molecule has 1 spiro atoms. The maximum atomic E-state index is 12.4.